The molecule has 0 saturated carbocycles. The van der Waals surface area contributed by atoms with Gasteiger partial charge in [0.1, 0.15) is 0 Å². The minimum Gasteiger partial charge on any atom is -0.376 e. The van der Waals surface area contributed by atoms with Crippen molar-refractivity contribution in [2.45, 2.75) is 83.5 Å². The SMILES string of the molecule is CN=C(NCC(CC(C)C)N1CCCC1)N1CCC(OCC2CCCCO2)CC1. The summed E-state index contributed by atoms with van der Waals surface area (Å²) in [6, 6.07) is 0.616. The lowest BCUT2D eigenvalue weighted by Crippen LogP contribution is -2.51. The zero-order chi connectivity index (χ0) is 20.5. The standard InChI is InChI=1S/C23H44N4O2/c1-19(2)16-20(26-11-5-6-12-26)17-25-23(24-3)27-13-9-21(10-14-27)29-18-22-8-4-7-15-28-22/h19-22H,4-18H2,1-3H3,(H,24,25). The summed E-state index contributed by atoms with van der Waals surface area (Å²) < 4.78 is 12.0. The van der Waals surface area contributed by atoms with E-state index in [1.54, 1.807) is 0 Å². The molecule has 3 fully saturated rings. The number of likely N-dealkylation sites (tertiary alicyclic amines) is 2. The van der Waals surface area contributed by atoms with Gasteiger partial charge in [-0.25, -0.2) is 0 Å². The van der Waals surface area contributed by atoms with E-state index in [2.05, 4.69) is 34.0 Å². The van der Waals surface area contributed by atoms with E-state index in [0.717, 1.165) is 64.0 Å². The number of hydrogen-bond donors (Lipinski definition) is 1. The van der Waals surface area contributed by atoms with Gasteiger partial charge in [-0.1, -0.05) is 13.8 Å². The van der Waals surface area contributed by atoms with E-state index in [9.17, 15) is 0 Å². The third kappa shape index (κ3) is 7.41. The Hall–Kier alpha value is -0.850. The smallest absolute Gasteiger partial charge is 0.193 e. The fourth-order valence-electron chi connectivity index (χ4n) is 4.97. The predicted octanol–water partition coefficient (Wildman–Crippen LogP) is 3.12. The summed E-state index contributed by atoms with van der Waals surface area (Å²) in [5.41, 5.74) is 0. The third-order valence-electron chi connectivity index (χ3n) is 6.64. The average Bonchev–Trinajstić information content (AvgIpc) is 3.28. The third-order valence-corrected chi connectivity index (χ3v) is 6.64. The van der Waals surface area contributed by atoms with Crippen LogP contribution in [0, 0.1) is 5.92 Å². The lowest BCUT2D eigenvalue weighted by atomic mass is 10.0. The van der Waals surface area contributed by atoms with Crippen molar-refractivity contribution < 1.29 is 9.47 Å². The summed E-state index contributed by atoms with van der Waals surface area (Å²) in [4.78, 5) is 9.67. The minimum absolute atomic E-state index is 0.319. The van der Waals surface area contributed by atoms with Crippen molar-refractivity contribution >= 4 is 5.96 Å². The number of hydrogen-bond acceptors (Lipinski definition) is 4. The van der Waals surface area contributed by atoms with Crippen LogP contribution in [0.3, 0.4) is 0 Å². The number of ether oxygens (including phenoxy) is 2. The molecule has 3 aliphatic heterocycles. The molecule has 0 amide bonds. The van der Waals surface area contributed by atoms with Gasteiger partial charge in [-0.2, -0.15) is 0 Å². The van der Waals surface area contributed by atoms with E-state index in [4.69, 9.17) is 9.47 Å². The van der Waals surface area contributed by atoms with Crippen molar-refractivity contribution in [2.24, 2.45) is 10.9 Å². The van der Waals surface area contributed by atoms with Gasteiger partial charge in [0.25, 0.3) is 0 Å². The van der Waals surface area contributed by atoms with Crippen LogP contribution in [0.4, 0.5) is 0 Å². The number of nitrogens with one attached hydrogen (secondary N) is 1. The maximum absolute atomic E-state index is 6.17. The Kier molecular flexibility index (Phi) is 9.53. The monoisotopic (exact) mass is 408 g/mol. The first-order valence-electron chi connectivity index (χ1n) is 12.1. The molecule has 6 heteroatoms. The summed E-state index contributed by atoms with van der Waals surface area (Å²) in [6.45, 7) is 11.9. The molecular weight excluding hydrogens is 364 g/mol. The van der Waals surface area contributed by atoms with Crippen molar-refractivity contribution in [2.75, 3.05) is 53.0 Å². The molecule has 29 heavy (non-hydrogen) atoms. The van der Waals surface area contributed by atoms with Gasteiger partial charge in [0.15, 0.2) is 5.96 Å². The van der Waals surface area contributed by atoms with Crippen molar-refractivity contribution in [1.82, 2.24) is 15.1 Å². The van der Waals surface area contributed by atoms with E-state index in [0.29, 0.717) is 18.2 Å². The second-order valence-electron chi connectivity index (χ2n) is 9.46. The van der Waals surface area contributed by atoms with Crippen LogP contribution in [0.15, 0.2) is 4.99 Å². The van der Waals surface area contributed by atoms with Gasteiger partial charge in [0.2, 0.25) is 0 Å². The maximum Gasteiger partial charge on any atom is 0.193 e. The van der Waals surface area contributed by atoms with Crippen LogP contribution >= 0.6 is 0 Å². The Morgan fingerprint density at radius 1 is 1.07 bits per heavy atom. The molecule has 0 aromatic heterocycles. The number of guanidine groups is 1. The predicted molar refractivity (Wildman–Crippen MR) is 120 cm³/mol. The molecule has 0 radical (unpaired) electrons. The summed E-state index contributed by atoms with van der Waals surface area (Å²) in [5.74, 6) is 1.79. The molecule has 1 N–H and O–H groups in total. The van der Waals surface area contributed by atoms with Gasteiger partial charge in [-0.15, -0.1) is 0 Å². The topological polar surface area (TPSA) is 49.3 Å². The molecule has 0 aromatic rings. The molecule has 6 nitrogen and oxygen atoms in total. The van der Waals surface area contributed by atoms with Gasteiger partial charge >= 0.3 is 0 Å². The normalized spacial score (nSPS) is 26.3. The van der Waals surface area contributed by atoms with Gasteiger partial charge in [-0.3, -0.25) is 9.89 Å². The molecule has 2 unspecified atom stereocenters. The molecule has 3 saturated heterocycles. The summed E-state index contributed by atoms with van der Waals surface area (Å²) >= 11 is 0. The number of aliphatic imine (C=N–C) groups is 1. The van der Waals surface area contributed by atoms with E-state index >= 15 is 0 Å². The van der Waals surface area contributed by atoms with Crippen LogP contribution in [0.25, 0.3) is 0 Å². The lowest BCUT2D eigenvalue weighted by molar-refractivity contribution is -0.0721. The van der Waals surface area contributed by atoms with Crippen molar-refractivity contribution in [3.63, 3.8) is 0 Å². The van der Waals surface area contributed by atoms with Crippen LogP contribution in [0.1, 0.15) is 65.2 Å². The van der Waals surface area contributed by atoms with Gasteiger partial charge < -0.3 is 19.7 Å². The van der Waals surface area contributed by atoms with Gasteiger partial charge in [-0.05, 0) is 70.4 Å². The van der Waals surface area contributed by atoms with E-state index in [-0.39, 0.29) is 0 Å². The molecule has 0 bridgehead atoms. The number of rotatable bonds is 8. The molecule has 0 spiro atoms. The van der Waals surface area contributed by atoms with Crippen LogP contribution in [0.5, 0.6) is 0 Å². The van der Waals surface area contributed by atoms with Crippen LogP contribution in [-0.4, -0.2) is 87.0 Å². The molecular formula is C23H44N4O2. The highest BCUT2D eigenvalue weighted by atomic mass is 16.5. The molecule has 0 aromatic carbocycles. The molecule has 3 aliphatic rings. The Morgan fingerprint density at radius 3 is 2.45 bits per heavy atom. The molecule has 2 atom stereocenters. The Bertz CT molecular complexity index is 479. The second-order valence-corrected chi connectivity index (χ2v) is 9.46. The Balaban J connectivity index is 1.39. The molecule has 3 rings (SSSR count). The Labute approximate surface area is 178 Å². The summed E-state index contributed by atoms with van der Waals surface area (Å²) in [6.07, 6.45) is 10.4. The summed E-state index contributed by atoms with van der Waals surface area (Å²) in [5, 5.41) is 3.69. The number of piperidine rings is 1. The molecule has 0 aliphatic carbocycles. The van der Waals surface area contributed by atoms with Crippen LogP contribution in [0.2, 0.25) is 0 Å². The van der Waals surface area contributed by atoms with Gasteiger partial charge in [0.05, 0.1) is 18.8 Å². The van der Waals surface area contributed by atoms with E-state index < -0.39 is 0 Å². The maximum atomic E-state index is 6.17. The molecule has 3 heterocycles. The van der Waals surface area contributed by atoms with Crippen LogP contribution in [-0.2, 0) is 9.47 Å². The minimum atomic E-state index is 0.319. The van der Waals surface area contributed by atoms with Crippen LogP contribution < -0.4 is 5.32 Å². The Morgan fingerprint density at radius 2 is 1.83 bits per heavy atom. The zero-order valence-electron chi connectivity index (χ0n) is 19.1. The fourth-order valence-corrected chi connectivity index (χ4v) is 4.97. The zero-order valence-corrected chi connectivity index (χ0v) is 19.1. The molecule has 168 valence electrons. The quantitative estimate of drug-likeness (QED) is 0.494. The lowest BCUT2D eigenvalue weighted by Gasteiger charge is -2.36. The van der Waals surface area contributed by atoms with Crippen molar-refractivity contribution in [3.05, 3.63) is 0 Å². The largest absolute Gasteiger partial charge is 0.376 e. The van der Waals surface area contributed by atoms with E-state index in [1.165, 1.54) is 45.2 Å². The first kappa shape index (κ1) is 22.8. The highest BCUT2D eigenvalue weighted by molar-refractivity contribution is 5.80. The highest BCUT2D eigenvalue weighted by Crippen LogP contribution is 2.19. The van der Waals surface area contributed by atoms with Crippen molar-refractivity contribution in [3.8, 4) is 0 Å². The summed E-state index contributed by atoms with van der Waals surface area (Å²) in [7, 11) is 1.92. The fraction of sp³-hybridized carbons (Fsp3) is 0.957. The number of nitrogens with zero attached hydrogens (tertiary/aromatic N) is 3. The van der Waals surface area contributed by atoms with E-state index in [1.807, 2.05) is 7.05 Å². The highest BCUT2D eigenvalue weighted by Gasteiger charge is 2.26. The second kappa shape index (κ2) is 12.1. The first-order valence-corrected chi connectivity index (χ1v) is 12.1. The van der Waals surface area contributed by atoms with Gasteiger partial charge in [0, 0.05) is 39.3 Å². The van der Waals surface area contributed by atoms with Crippen molar-refractivity contribution in [1.29, 1.82) is 0 Å². The first-order chi connectivity index (χ1) is 14.2. The average molecular weight is 409 g/mol.